The van der Waals surface area contributed by atoms with Crippen LogP contribution in [0.25, 0.3) is 0 Å². The summed E-state index contributed by atoms with van der Waals surface area (Å²) >= 11 is 5.88. The lowest BCUT2D eigenvalue weighted by Crippen LogP contribution is -2.35. The fourth-order valence-corrected chi connectivity index (χ4v) is 3.65. The molecule has 2 aromatic rings. The average Bonchev–Trinajstić information content (AvgIpc) is 2.94. The summed E-state index contributed by atoms with van der Waals surface area (Å²) < 4.78 is 17.9. The van der Waals surface area contributed by atoms with Crippen LogP contribution in [0.15, 0.2) is 53.8 Å². The molecule has 0 atom stereocenters. The number of benzene rings is 1. The third-order valence-electron chi connectivity index (χ3n) is 5.58. The Kier molecular flexibility index (Phi) is 15.6. The summed E-state index contributed by atoms with van der Waals surface area (Å²) in [5, 5.41) is 18.1. The van der Waals surface area contributed by atoms with Crippen LogP contribution in [-0.2, 0) is 21.0 Å². The second-order valence-electron chi connectivity index (χ2n) is 10.4. The van der Waals surface area contributed by atoms with Gasteiger partial charge in [0.25, 0.3) is 6.73 Å². The second-order valence-corrected chi connectivity index (χ2v) is 10.9. The van der Waals surface area contributed by atoms with E-state index in [9.17, 15) is 9.59 Å². The molecule has 0 aliphatic carbocycles. The highest BCUT2D eigenvalue weighted by Gasteiger charge is 2.15. The van der Waals surface area contributed by atoms with Gasteiger partial charge in [-0.15, -0.1) is 0 Å². The number of rotatable bonds is 16. The maximum absolute atomic E-state index is 12.0. The summed E-state index contributed by atoms with van der Waals surface area (Å²) in [5.41, 5.74) is 0.191. The molecule has 2 rings (SSSR count). The van der Waals surface area contributed by atoms with E-state index in [1.807, 2.05) is 30.5 Å². The highest BCUT2D eigenvalue weighted by Crippen LogP contribution is 2.16. The van der Waals surface area contributed by atoms with Gasteiger partial charge in [0.1, 0.15) is 11.4 Å². The molecule has 1 heterocycles. The fraction of sp³-hybridized carbons (Fsp3) is 0.500. The van der Waals surface area contributed by atoms with Crippen molar-refractivity contribution in [3.63, 3.8) is 0 Å². The quantitative estimate of drug-likeness (QED) is 0.0448. The number of guanidine groups is 1. The third-order valence-corrected chi connectivity index (χ3v) is 5.84. The number of aliphatic imine (C=N–C) groups is 1. The number of alkyl carbamates (subject to hydrolysis) is 1. The summed E-state index contributed by atoms with van der Waals surface area (Å²) in [6.45, 7) is 7.14. The highest BCUT2D eigenvalue weighted by molar-refractivity contribution is 6.30. The number of carbonyl (C=O) groups is 2. The summed E-state index contributed by atoms with van der Waals surface area (Å²) in [5.74, 6) is 0.866. The van der Waals surface area contributed by atoms with Crippen molar-refractivity contribution in [2.24, 2.45) is 4.99 Å². The minimum Gasteiger partial charge on any atom is -0.494 e. The van der Waals surface area contributed by atoms with Gasteiger partial charge in [-0.2, -0.15) is 9.83 Å². The number of nitrogens with one attached hydrogen (secondary N) is 3. The minimum atomic E-state index is -0.542. The van der Waals surface area contributed by atoms with Gasteiger partial charge in [0.05, 0.1) is 12.3 Å². The Morgan fingerprint density at radius 1 is 1.00 bits per heavy atom. The van der Waals surface area contributed by atoms with Crippen molar-refractivity contribution in [3.8, 4) is 11.9 Å². The Morgan fingerprint density at radius 2 is 1.71 bits per heavy atom. The molecule has 42 heavy (non-hydrogen) atoms. The predicted molar refractivity (Wildman–Crippen MR) is 161 cm³/mol. The number of nitriles is 1. The lowest BCUT2D eigenvalue weighted by atomic mass is 10.2. The van der Waals surface area contributed by atoms with Crippen LogP contribution in [0.3, 0.4) is 0 Å². The molecular formula is C30H42ClN6O5+. The van der Waals surface area contributed by atoms with Gasteiger partial charge in [0.2, 0.25) is 5.96 Å². The molecule has 0 saturated heterocycles. The van der Waals surface area contributed by atoms with E-state index >= 15 is 0 Å². The van der Waals surface area contributed by atoms with Gasteiger partial charge >= 0.3 is 12.1 Å². The molecular weight excluding hydrogens is 560 g/mol. The topological polar surface area (TPSA) is 138 Å². The van der Waals surface area contributed by atoms with Gasteiger partial charge < -0.3 is 24.8 Å². The summed E-state index contributed by atoms with van der Waals surface area (Å²) in [6, 6.07) is 10.9. The number of hydrogen-bond acceptors (Lipinski definition) is 7. The lowest BCUT2D eigenvalue weighted by Gasteiger charge is -2.19. The predicted octanol–water partition coefficient (Wildman–Crippen LogP) is 5.30. The number of halogens is 1. The summed E-state index contributed by atoms with van der Waals surface area (Å²) in [4.78, 5) is 28.1. The number of esters is 1. The van der Waals surface area contributed by atoms with Crippen molar-refractivity contribution in [3.05, 3.63) is 53.8 Å². The van der Waals surface area contributed by atoms with Crippen molar-refractivity contribution in [1.29, 1.82) is 5.26 Å². The van der Waals surface area contributed by atoms with Crippen molar-refractivity contribution in [2.75, 3.05) is 25.0 Å². The van der Waals surface area contributed by atoms with E-state index in [1.165, 1.54) is 0 Å². The van der Waals surface area contributed by atoms with E-state index in [2.05, 4.69) is 20.9 Å². The van der Waals surface area contributed by atoms with E-state index < -0.39 is 11.7 Å². The molecule has 0 bridgehead atoms. The van der Waals surface area contributed by atoms with E-state index in [0.29, 0.717) is 43.5 Å². The van der Waals surface area contributed by atoms with Gasteiger partial charge in [-0.05, 0) is 77.1 Å². The maximum atomic E-state index is 12.0. The first kappa shape index (κ1) is 34.2. The maximum Gasteiger partial charge on any atom is 0.407 e. The standard InChI is InChI=1S/C30H41ClN6O5/c1-30(2,3)42-29(39)34-18-8-6-10-27(38)41-23-37-19-15-25(16-20-37)36-28(35-22-32)33-17-7-4-5-9-21-40-26-13-11-24(31)12-14-26/h11-16,19-20H,4-10,17-18,21,23H2,1-3H3,(H2,33,34,35,39)/p+1. The molecule has 1 aromatic heterocycles. The lowest BCUT2D eigenvalue weighted by molar-refractivity contribution is -0.727. The normalized spacial score (nSPS) is 11.3. The number of unbranched alkanes of at least 4 members (excludes halogenated alkanes) is 4. The number of pyridine rings is 1. The zero-order valence-corrected chi connectivity index (χ0v) is 25.4. The number of carbonyl (C=O) groups excluding carboxylic acids is 2. The molecule has 12 heteroatoms. The van der Waals surface area contributed by atoms with E-state index in [-0.39, 0.29) is 19.1 Å². The molecule has 1 amide bonds. The van der Waals surface area contributed by atoms with Gasteiger partial charge in [-0.3, -0.25) is 15.1 Å². The van der Waals surface area contributed by atoms with Gasteiger partial charge in [-0.25, -0.2) is 4.79 Å². The highest BCUT2D eigenvalue weighted by atomic mass is 35.5. The zero-order chi connectivity index (χ0) is 30.6. The van der Waals surface area contributed by atoms with Gasteiger partial charge in [0.15, 0.2) is 18.6 Å². The van der Waals surface area contributed by atoms with Crippen LogP contribution in [0.1, 0.15) is 65.7 Å². The van der Waals surface area contributed by atoms with Crippen LogP contribution in [-0.4, -0.2) is 43.3 Å². The first-order valence-electron chi connectivity index (χ1n) is 14.1. The number of amides is 1. The Bertz CT molecular complexity index is 1160. The molecule has 0 spiro atoms. The molecule has 11 nitrogen and oxygen atoms in total. The first-order chi connectivity index (χ1) is 20.1. The van der Waals surface area contributed by atoms with Crippen molar-refractivity contribution in [1.82, 2.24) is 10.6 Å². The Balaban J connectivity index is 1.60. The smallest absolute Gasteiger partial charge is 0.407 e. The number of aromatic nitrogens is 1. The molecule has 0 aliphatic heterocycles. The SMILES string of the molecule is CC(C)(C)OC(=O)NCCCCC(=O)OC[n+]1ccc(NC(=NCCCCCCOc2ccc(Cl)cc2)NC#N)cc1. The minimum absolute atomic E-state index is 0.0808. The Labute approximate surface area is 253 Å². The molecule has 228 valence electrons. The van der Waals surface area contributed by atoms with Crippen LogP contribution in [0.5, 0.6) is 5.75 Å². The van der Waals surface area contributed by atoms with E-state index in [4.69, 9.17) is 31.1 Å². The van der Waals surface area contributed by atoms with Crippen LogP contribution in [0.2, 0.25) is 5.02 Å². The molecule has 0 aliphatic rings. The molecule has 0 fully saturated rings. The van der Waals surface area contributed by atoms with Crippen molar-refractivity contribution in [2.45, 2.75) is 78.0 Å². The second kappa shape index (κ2) is 19.1. The number of nitrogens with zero attached hydrogens (tertiary/aromatic N) is 3. The van der Waals surface area contributed by atoms with Crippen LogP contribution in [0, 0.1) is 11.5 Å². The number of anilines is 1. The monoisotopic (exact) mass is 601 g/mol. The molecule has 0 unspecified atom stereocenters. The number of ether oxygens (including phenoxy) is 3. The molecule has 1 aromatic carbocycles. The Hall–Kier alpha value is -4.04. The molecule has 0 saturated carbocycles. The van der Waals surface area contributed by atoms with Crippen molar-refractivity contribution >= 4 is 35.3 Å². The summed E-state index contributed by atoms with van der Waals surface area (Å²) in [7, 11) is 0. The van der Waals surface area contributed by atoms with E-state index in [1.54, 1.807) is 49.9 Å². The largest absolute Gasteiger partial charge is 0.494 e. The van der Waals surface area contributed by atoms with Crippen LogP contribution in [0.4, 0.5) is 10.5 Å². The molecule has 3 N–H and O–H groups in total. The summed E-state index contributed by atoms with van der Waals surface area (Å²) in [6.07, 6.45) is 10.3. The number of hydrogen-bond donors (Lipinski definition) is 3. The van der Waals surface area contributed by atoms with Gasteiger partial charge in [0, 0.05) is 36.7 Å². The van der Waals surface area contributed by atoms with Crippen molar-refractivity contribution < 1.29 is 28.4 Å². The van der Waals surface area contributed by atoms with Crippen LogP contribution < -0.4 is 25.3 Å². The van der Waals surface area contributed by atoms with Crippen LogP contribution >= 0.6 is 11.6 Å². The van der Waals surface area contributed by atoms with Gasteiger partial charge in [-0.1, -0.05) is 18.0 Å². The van der Waals surface area contributed by atoms with E-state index in [0.717, 1.165) is 37.1 Å². The molecule has 0 radical (unpaired) electrons. The fourth-order valence-electron chi connectivity index (χ4n) is 3.52. The Morgan fingerprint density at radius 3 is 2.40 bits per heavy atom. The average molecular weight is 602 g/mol. The third kappa shape index (κ3) is 16.3. The zero-order valence-electron chi connectivity index (χ0n) is 24.7. The first-order valence-corrected chi connectivity index (χ1v) is 14.5.